The summed E-state index contributed by atoms with van der Waals surface area (Å²) < 4.78 is 5.16. The number of carbonyl (C=O) groups is 2. The van der Waals surface area contributed by atoms with Crippen molar-refractivity contribution < 1.29 is 14.3 Å². The van der Waals surface area contributed by atoms with E-state index in [0.717, 1.165) is 16.5 Å². The van der Waals surface area contributed by atoms with Crippen LogP contribution in [0.1, 0.15) is 43.7 Å². The minimum Gasteiger partial charge on any atom is -0.444 e. The zero-order valence-electron chi connectivity index (χ0n) is 14.8. The summed E-state index contributed by atoms with van der Waals surface area (Å²) in [5.74, 6) is -0.205. The number of nitrogens with one attached hydrogen (secondary N) is 3. The molecular weight excluding hydrogens is 306 g/mol. The first-order chi connectivity index (χ1) is 11.2. The monoisotopic (exact) mass is 331 g/mol. The molecule has 0 aliphatic carbocycles. The Balaban J connectivity index is 1.91. The minimum atomic E-state index is -0.543. The van der Waals surface area contributed by atoms with Gasteiger partial charge in [-0.25, -0.2) is 4.79 Å². The van der Waals surface area contributed by atoms with Crippen LogP contribution in [0.5, 0.6) is 0 Å². The third kappa shape index (κ3) is 4.75. The van der Waals surface area contributed by atoms with E-state index in [2.05, 4.69) is 15.6 Å². The van der Waals surface area contributed by atoms with E-state index < -0.39 is 11.7 Å². The van der Waals surface area contributed by atoms with Crippen molar-refractivity contribution in [3.8, 4) is 0 Å². The Labute approximate surface area is 142 Å². The summed E-state index contributed by atoms with van der Waals surface area (Å²) in [5, 5.41) is 6.50. The lowest BCUT2D eigenvalue weighted by molar-refractivity contribution is 0.0521. The van der Waals surface area contributed by atoms with E-state index in [4.69, 9.17) is 4.74 Å². The molecule has 0 radical (unpaired) electrons. The molecule has 130 valence electrons. The molecule has 0 aliphatic rings. The summed E-state index contributed by atoms with van der Waals surface area (Å²) in [6.07, 6.45) is -0.496. The summed E-state index contributed by atoms with van der Waals surface area (Å²) in [5.41, 5.74) is 2.01. The molecule has 0 bridgehead atoms. The average molecular weight is 331 g/mol. The van der Waals surface area contributed by atoms with Crippen LogP contribution in [0.25, 0.3) is 10.9 Å². The summed E-state index contributed by atoms with van der Waals surface area (Å²) in [6, 6.07) is 7.51. The van der Waals surface area contributed by atoms with E-state index in [-0.39, 0.29) is 11.9 Å². The fourth-order valence-electron chi connectivity index (χ4n) is 2.33. The van der Waals surface area contributed by atoms with Gasteiger partial charge in [0.2, 0.25) is 0 Å². The Hall–Kier alpha value is -2.50. The fourth-order valence-corrected chi connectivity index (χ4v) is 2.33. The SMILES string of the molecule is Cc1cccc2cc(C(=O)NC(C)CNC(=O)OC(C)(C)C)[nH]c12. The molecule has 1 aromatic heterocycles. The van der Waals surface area contributed by atoms with E-state index in [1.807, 2.05) is 38.1 Å². The molecule has 2 rings (SSSR count). The van der Waals surface area contributed by atoms with Gasteiger partial charge in [-0.2, -0.15) is 0 Å². The van der Waals surface area contributed by atoms with E-state index in [1.165, 1.54) is 0 Å². The first-order valence-corrected chi connectivity index (χ1v) is 8.02. The van der Waals surface area contributed by atoms with Crippen LogP contribution < -0.4 is 10.6 Å². The molecule has 6 nitrogen and oxygen atoms in total. The van der Waals surface area contributed by atoms with Crippen molar-refractivity contribution in [2.45, 2.75) is 46.3 Å². The smallest absolute Gasteiger partial charge is 0.407 e. The Morgan fingerprint density at radius 2 is 2.00 bits per heavy atom. The van der Waals surface area contributed by atoms with Gasteiger partial charge in [-0.3, -0.25) is 4.79 Å². The predicted molar refractivity (Wildman–Crippen MR) is 94.2 cm³/mol. The standard InChI is InChI=1S/C18H25N3O3/c1-11-7-6-8-13-9-14(21-15(11)13)16(22)20-12(2)10-19-17(23)24-18(3,4)5/h6-9,12,21H,10H2,1-5H3,(H,19,23)(H,20,22). The molecule has 0 saturated heterocycles. The molecule has 0 fully saturated rings. The second-order valence-corrected chi connectivity index (χ2v) is 6.98. The van der Waals surface area contributed by atoms with Gasteiger partial charge >= 0.3 is 6.09 Å². The lowest BCUT2D eigenvalue weighted by Gasteiger charge is -2.21. The number of aromatic amines is 1. The van der Waals surface area contributed by atoms with Gasteiger partial charge in [0.25, 0.3) is 5.91 Å². The van der Waals surface area contributed by atoms with Crippen molar-refractivity contribution in [3.63, 3.8) is 0 Å². The number of aromatic nitrogens is 1. The van der Waals surface area contributed by atoms with E-state index >= 15 is 0 Å². The van der Waals surface area contributed by atoms with Crippen LogP contribution >= 0.6 is 0 Å². The zero-order valence-corrected chi connectivity index (χ0v) is 14.8. The molecule has 24 heavy (non-hydrogen) atoms. The van der Waals surface area contributed by atoms with Crippen LogP contribution in [-0.4, -0.2) is 35.2 Å². The summed E-state index contributed by atoms with van der Waals surface area (Å²) in [6.45, 7) is 9.51. The number of ether oxygens (including phenoxy) is 1. The van der Waals surface area contributed by atoms with E-state index in [1.54, 1.807) is 20.8 Å². The maximum Gasteiger partial charge on any atom is 0.407 e. The number of fused-ring (bicyclic) bond motifs is 1. The Morgan fingerprint density at radius 3 is 2.62 bits per heavy atom. The molecule has 1 aromatic carbocycles. The second-order valence-electron chi connectivity index (χ2n) is 6.98. The number of rotatable bonds is 4. The van der Waals surface area contributed by atoms with Gasteiger partial charge in [-0.15, -0.1) is 0 Å². The Bertz CT molecular complexity index is 744. The molecule has 1 atom stereocenters. The minimum absolute atomic E-state index is 0.205. The highest BCUT2D eigenvalue weighted by Crippen LogP contribution is 2.18. The van der Waals surface area contributed by atoms with Gasteiger partial charge in [0, 0.05) is 23.5 Å². The first-order valence-electron chi connectivity index (χ1n) is 8.02. The van der Waals surface area contributed by atoms with Crippen LogP contribution in [0, 0.1) is 6.92 Å². The highest BCUT2D eigenvalue weighted by atomic mass is 16.6. The number of hydrogen-bond acceptors (Lipinski definition) is 3. The number of carbonyl (C=O) groups excluding carboxylic acids is 2. The third-order valence-electron chi connectivity index (χ3n) is 3.44. The van der Waals surface area contributed by atoms with Gasteiger partial charge in [0.1, 0.15) is 11.3 Å². The maximum atomic E-state index is 12.3. The molecule has 1 unspecified atom stereocenters. The molecule has 2 aromatic rings. The van der Waals surface area contributed by atoms with Crippen LogP contribution in [0.4, 0.5) is 4.79 Å². The number of benzene rings is 1. The highest BCUT2D eigenvalue weighted by Gasteiger charge is 2.17. The number of alkyl carbamates (subject to hydrolysis) is 1. The number of aryl methyl sites for hydroxylation is 1. The molecule has 1 heterocycles. The van der Waals surface area contributed by atoms with Crippen LogP contribution in [0.3, 0.4) is 0 Å². The van der Waals surface area contributed by atoms with Gasteiger partial charge in [0.15, 0.2) is 0 Å². The van der Waals surface area contributed by atoms with Crippen molar-refractivity contribution in [1.29, 1.82) is 0 Å². The van der Waals surface area contributed by atoms with Crippen molar-refractivity contribution >= 4 is 22.9 Å². The maximum absolute atomic E-state index is 12.3. The van der Waals surface area contributed by atoms with Crippen molar-refractivity contribution in [1.82, 2.24) is 15.6 Å². The van der Waals surface area contributed by atoms with Gasteiger partial charge in [0.05, 0.1) is 0 Å². The molecule has 0 aliphatic heterocycles. The lowest BCUT2D eigenvalue weighted by atomic mass is 10.2. The highest BCUT2D eigenvalue weighted by molar-refractivity contribution is 5.98. The van der Waals surface area contributed by atoms with Crippen molar-refractivity contribution in [2.75, 3.05) is 6.54 Å². The Kier molecular flexibility index (Phi) is 5.17. The first kappa shape index (κ1) is 17.8. The topological polar surface area (TPSA) is 83.2 Å². The predicted octanol–water partition coefficient (Wildman–Crippen LogP) is 3.12. The van der Waals surface area contributed by atoms with Crippen molar-refractivity contribution in [2.24, 2.45) is 0 Å². The number of para-hydroxylation sites is 1. The summed E-state index contributed by atoms with van der Waals surface area (Å²) >= 11 is 0. The normalized spacial score (nSPS) is 12.7. The molecule has 2 amide bonds. The van der Waals surface area contributed by atoms with Crippen molar-refractivity contribution in [3.05, 3.63) is 35.5 Å². The largest absolute Gasteiger partial charge is 0.444 e. The zero-order chi connectivity index (χ0) is 17.9. The lowest BCUT2D eigenvalue weighted by Crippen LogP contribution is -2.43. The summed E-state index contributed by atoms with van der Waals surface area (Å²) in [4.78, 5) is 27.1. The number of H-pyrrole nitrogens is 1. The van der Waals surface area contributed by atoms with Gasteiger partial charge < -0.3 is 20.4 Å². The quantitative estimate of drug-likeness (QED) is 0.805. The molecular formula is C18H25N3O3. The van der Waals surface area contributed by atoms with Crippen LogP contribution in [0.15, 0.2) is 24.3 Å². The number of amides is 2. The van der Waals surface area contributed by atoms with E-state index in [0.29, 0.717) is 12.2 Å². The number of hydrogen-bond donors (Lipinski definition) is 3. The molecule has 6 heteroatoms. The van der Waals surface area contributed by atoms with Gasteiger partial charge in [-0.1, -0.05) is 18.2 Å². The molecule has 3 N–H and O–H groups in total. The summed E-state index contributed by atoms with van der Waals surface area (Å²) in [7, 11) is 0. The third-order valence-corrected chi connectivity index (χ3v) is 3.44. The molecule has 0 spiro atoms. The molecule has 0 saturated carbocycles. The van der Waals surface area contributed by atoms with Gasteiger partial charge in [-0.05, 0) is 46.2 Å². The van der Waals surface area contributed by atoms with Crippen LogP contribution in [-0.2, 0) is 4.74 Å². The van der Waals surface area contributed by atoms with Crippen LogP contribution in [0.2, 0.25) is 0 Å². The fraction of sp³-hybridized carbons (Fsp3) is 0.444. The van der Waals surface area contributed by atoms with E-state index in [9.17, 15) is 9.59 Å². The second kappa shape index (κ2) is 6.95. The average Bonchev–Trinajstić information content (AvgIpc) is 2.89. The Morgan fingerprint density at radius 1 is 1.29 bits per heavy atom.